The van der Waals surface area contributed by atoms with Crippen LogP contribution in [0.2, 0.25) is 5.02 Å². The molecule has 0 radical (unpaired) electrons. The lowest BCUT2D eigenvalue weighted by Gasteiger charge is -2.16. The van der Waals surface area contributed by atoms with Crippen LogP contribution in [0.3, 0.4) is 0 Å². The normalized spacial score (nSPS) is 10.7. The van der Waals surface area contributed by atoms with Crippen LogP contribution in [0.1, 0.15) is 30.9 Å². The molecule has 0 saturated heterocycles. The molecule has 5 heteroatoms. The van der Waals surface area contributed by atoms with Crippen molar-refractivity contribution in [2.45, 2.75) is 26.3 Å². The number of hydrogen-bond acceptors (Lipinski definition) is 4. The molecule has 0 spiro atoms. The highest BCUT2D eigenvalue weighted by Gasteiger charge is 2.13. The van der Waals surface area contributed by atoms with Crippen LogP contribution < -0.4 is 10.6 Å². The van der Waals surface area contributed by atoms with Crippen LogP contribution in [0, 0.1) is 0 Å². The van der Waals surface area contributed by atoms with E-state index in [9.17, 15) is 0 Å². The summed E-state index contributed by atoms with van der Waals surface area (Å²) in [5, 5.41) is 7.22. The first-order chi connectivity index (χ1) is 9.61. The van der Waals surface area contributed by atoms with E-state index in [1.54, 1.807) is 6.33 Å². The number of rotatable bonds is 5. The van der Waals surface area contributed by atoms with E-state index in [1.165, 1.54) is 0 Å². The molecule has 0 atom stereocenters. The fraction of sp³-hybridized carbons (Fsp3) is 0.333. The second-order valence-electron chi connectivity index (χ2n) is 4.87. The van der Waals surface area contributed by atoms with E-state index in [4.69, 9.17) is 11.6 Å². The lowest BCUT2D eigenvalue weighted by Crippen LogP contribution is -2.09. The average Bonchev–Trinajstić information content (AvgIpc) is 2.44. The molecule has 0 fully saturated rings. The van der Waals surface area contributed by atoms with Crippen LogP contribution in [0.5, 0.6) is 0 Å². The van der Waals surface area contributed by atoms with Crippen molar-refractivity contribution < 1.29 is 0 Å². The number of anilines is 2. The summed E-state index contributed by atoms with van der Waals surface area (Å²) in [5.74, 6) is 2.06. The molecule has 20 heavy (non-hydrogen) atoms. The molecule has 2 rings (SSSR count). The number of aromatic nitrogens is 2. The van der Waals surface area contributed by atoms with Gasteiger partial charge in [0.2, 0.25) is 0 Å². The average molecular weight is 291 g/mol. The summed E-state index contributed by atoms with van der Waals surface area (Å²) in [4.78, 5) is 8.62. The van der Waals surface area contributed by atoms with Crippen LogP contribution in [-0.4, -0.2) is 17.0 Å². The Kier molecular flexibility index (Phi) is 4.79. The maximum Gasteiger partial charge on any atom is 0.135 e. The van der Waals surface area contributed by atoms with Gasteiger partial charge >= 0.3 is 0 Å². The van der Waals surface area contributed by atoms with Gasteiger partial charge in [0.1, 0.15) is 18.0 Å². The number of halogens is 1. The molecule has 0 unspecified atom stereocenters. The Balaban J connectivity index is 2.21. The minimum atomic E-state index is 0.334. The highest BCUT2D eigenvalue weighted by molar-refractivity contribution is 6.30. The molecule has 1 aromatic carbocycles. The molecule has 1 heterocycles. The van der Waals surface area contributed by atoms with Crippen molar-refractivity contribution in [1.82, 2.24) is 9.97 Å². The second kappa shape index (κ2) is 6.57. The molecule has 0 bridgehead atoms. The summed E-state index contributed by atoms with van der Waals surface area (Å²) >= 11 is 5.99. The Morgan fingerprint density at radius 2 is 1.95 bits per heavy atom. The van der Waals surface area contributed by atoms with Crippen LogP contribution in [0.15, 0.2) is 30.6 Å². The van der Waals surface area contributed by atoms with Gasteiger partial charge in [-0.1, -0.05) is 37.6 Å². The zero-order valence-electron chi connectivity index (χ0n) is 11.9. The topological polar surface area (TPSA) is 49.8 Å². The van der Waals surface area contributed by atoms with Gasteiger partial charge in [0.25, 0.3) is 0 Å². The van der Waals surface area contributed by atoms with E-state index < -0.39 is 0 Å². The standard InChI is InChI=1S/C15H19ClN4/c1-10(2)13-14(17-3)19-9-20-15(13)18-8-11-5-4-6-12(16)7-11/h4-7,9-10H,8H2,1-3H3,(H2,17,18,19,20). The Morgan fingerprint density at radius 1 is 1.20 bits per heavy atom. The van der Waals surface area contributed by atoms with Crippen molar-refractivity contribution in [3.63, 3.8) is 0 Å². The molecule has 0 aliphatic heterocycles. The van der Waals surface area contributed by atoms with Crippen LogP contribution in [-0.2, 0) is 6.54 Å². The van der Waals surface area contributed by atoms with Crippen molar-refractivity contribution in [2.24, 2.45) is 0 Å². The van der Waals surface area contributed by atoms with E-state index in [0.717, 1.165) is 27.8 Å². The van der Waals surface area contributed by atoms with Gasteiger partial charge in [0.05, 0.1) is 0 Å². The minimum absolute atomic E-state index is 0.334. The van der Waals surface area contributed by atoms with Gasteiger partial charge in [-0.15, -0.1) is 0 Å². The third-order valence-electron chi connectivity index (χ3n) is 3.05. The fourth-order valence-corrected chi connectivity index (χ4v) is 2.33. The third-order valence-corrected chi connectivity index (χ3v) is 3.28. The van der Waals surface area contributed by atoms with Crippen LogP contribution in [0.4, 0.5) is 11.6 Å². The van der Waals surface area contributed by atoms with Crippen molar-refractivity contribution >= 4 is 23.2 Å². The Hall–Kier alpha value is -1.81. The first-order valence-electron chi connectivity index (χ1n) is 6.62. The lowest BCUT2D eigenvalue weighted by molar-refractivity contribution is 0.847. The first-order valence-corrected chi connectivity index (χ1v) is 7.00. The summed E-state index contributed by atoms with van der Waals surface area (Å²) in [5.41, 5.74) is 2.22. The van der Waals surface area contributed by atoms with Crippen molar-refractivity contribution in [2.75, 3.05) is 17.7 Å². The molecule has 0 amide bonds. The molecule has 0 aliphatic rings. The lowest BCUT2D eigenvalue weighted by atomic mass is 10.0. The summed E-state index contributed by atoms with van der Waals surface area (Å²) in [6, 6.07) is 7.80. The second-order valence-corrected chi connectivity index (χ2v) is 5.31. The van der Waals surface area contributed by atoms with Crippen molar-refractivity contribution in [3.8, 4) is 0 Å². The van der Waals surface area contributed by atoms with Gasteiger partial charge < -0.3 is 10.6 Å². The van der Waals surface area contributed by atoms with E-state index in [2.05, 4.69) is 34.4 Å². The molecule has 0 saturated carbocycles. The van der Waals surface area contributed by atoms with Gasteiger partial charge in [-0.3, -0.25) is 0 Å². The maximum absolute atomic E-state index is 5.99. The molecular formula is C15H19ClN4. The van der Waals surface area contributed by atoms with Gasteiger partial charge in [-0.25, -0.2) is 9.97 Å². The van der Waals surface area contributed by atoms with Crippen LogP contribution >= 0.6 is 11.6 Å². The molecule has 4 nitrogen and oxygen atoms in total. The highest BCUT2D eigenvalue weighted by Crippen LogP contribution is 2.28. The van der Waals surface area contributed by atoms with Gasteiger partial charge in [0.15, 0.2) is 0 Å². The summed E-state index contributed by atoms with van der Waals surface area (Å²) in [7, 11) is 1.87. The number of benzene rings is 1. The van der Waals surface area contributed by atoms with E-state index in [0.29, 0.717) is 12.5 Å². The zero-order chi connectivity index (χ0) is 14.5. The van der Waals surface area contributed by atoms with Gasteiger partial charge in [-0.05, 0) is 23.6 Å². The predicted octanol–water partition coefficient (Wildman–Crippen LogP) is 3.91. The fourth-order valence-electron chi connectivity index (χ4n) is 2.12. The highest BCUT2D eigenvalue weighted by atomic mass is 35.5. The number of hydrogen-bond donors (Lipinski definition) is 2. The monoisotopic (exact) mass is 290 g/mol. The molecular weight excluding hydrogens is 272 g/mol. The molecule has 2 aromatic rings. The summed E-state index contributed by atoms with van der Waals surface area (Å²) in [6.07, 6.45) is 1.57. The van der Waals surface area contributed by atoms with Crippen molar-refractivity contribution in [1.29, 1.82) is 0 Å². The smallest absolute Gasteiger partial charge is 0.135 e. The Labute approximate surface area is 124 Å². The molecule has 1 aromatic heterocycles. The van der Waals surface area contributed by atoms with E-state index in [-0.39, 0.29) is 0 Å². The summed E-state index contributed by atoms with van der Waals surface area (Å²) < 4.78 is 0. The molecule has 0 aliphatic carbocycles. The van der Waals surface area contributed by atoms with Crippen molar-refractivity contribution in [3.05, 3.63) is 46.7 Å². The largest absolute Gasteiger partial charge is 0.373 e. The Bertz CT molecular complexity index is 584. The van der Waals surface area contributed by atoms with Gasteiger partial charge in [0, 0.05) is 24.2 Å². The quantitative estimate of drug-likeness (QED) is 0.876. The SMILES string of the molecule is CNc1ncnc(NCc2cccc(Cl)c2)c1C(C)C. The zero-order valence-corrected chi connectivity index (χ0v) is 12.7. The van der Waals surface area contributed by atoms with E-state index >= 15 is 0 Å². The summed E-state index contributed by atoms with van der Waals surface area (Å²) in [6.45, 7) is 4.94. The predicted molar refractivity (Wildman–Crippen MR) is 84.4 cm³/mol. The van der Waals surface area contributed by atoms with E-state index in [1.807, 2.05) is 31.3 Å². The maximum atomic E-state index is 5.99. The first kappa shape index (κ1) is 14.6. The minimum Gasteiger partial charge on any atom is -0.373 e. The third kappa shape index (κ3) is 3.39. The van der Waals surface area contributed by atoms with Gasteiger partial charge in [-0.2, -0.15) is 0 Å². The number of nitrogens with one attached hydrogen (secondary N) is 2. The number of nitrogens with zero attached hydrogens (tertiary/aromatic N) is 2. The Morgan fingerprint density at radius 3 is 2.60 bits per heavy atom. The van der Waals surface area contributed by atoms with Crippen LogP contribution in [0.25, 0.3) is 0 Å². The molecule has 106 valence electrons. The molecule has 2 N–H and O–H groups in total.